The zero-order chi connectivity index (χ0) is 12.7. The van der Waals surface area contributed by atoms with Crippen LogP contribution in [-0.2, 0) is 0 Å². The van der Waals surface area contributed by atoms with Crippen LogP contribution in [0.4, 0.5) is 0 Å². The van der Waals surface area contributed by atoms with Crippen molar-refractivity contribution in [1.29, 1.82) is 0 Å². The standard InChI is InChI=1S/C16H10N2S/c1-2-6-12-11(5-1)9-17-10-14(12)16-13-7-3-4-8-15(13)19-18-16/h1-10H. The second-order valence-electron chi connectivity index (χ2n) is 4.44. The summed E-state index contributed by atoms with van der Waals surface area (Å²) in [4.78, 5) is 4.34. The van der Waals surface area contributed by atoms with Crippen LogP contribution in [0.15, 0.2) is 60.9 Å². The molecule has 0 atom stereocenters. The molecule has 2 heterocycles. The van der Waals surface area contributed by atoms with Crippen molar-refractivity contribution < 1.29 is 0 Å². The molecule has 4 aromatic rings. The van der Waals surface area contributed by atoms with Crippen molar-refractivity contribution in [3.8, 4) is 11.3 Å². The minimum atomic E-state index is 1.03. The van der Waals surface area contributed by atoms with Crippen LogP contribution >= 0.6 is 11.5 Å². The van der Waals surface area contributed by atoms with E-state index in [0.29, 0.717) is 0 Å². The molecule has 0 spiro atoms. The van der Waals surface area contributed by atoms with Gasteiger partial charge in [-0.05, 0) is 23.0 Å². The fraction of sp³-hybridized carbons (Fsp3) is 0. The molecule has 19 heavy (non-hydrogen) atoms. The van der Waals surface area contributed by atoms with Gasteiger partial charge in [-0.15, -0.1) is 0 Å². The molecule has 2 aromatic heterocycles. The quantitative estimate of drug-likeness (QED) is 0.504. The Bertz CT molecular complexity index is 875. The van der Waals surface area contributed by atoms with E-state index in [1.165, 1.54) is 27.0 Å². The molecule has 0 radical (unpaired) electrons. The average Bonchev–Trinajstić information content (AvgIpc) is 2.90. The second-order valence-corrected chi connectivity index (χ2v) is 5.24. The zero-order valence-corrected chi connectivity index (χ0v) is 10.9. The second kappa shape index (κ2) is 4.14. The number of nitrogens with zero attached hydrogens (tertiary/aromatic N) is 2. The molecule has 0 aliphatic heterocycles. The number of hydrogen-bond acceptors (Lipinski definition) is 3. The van der Waals surface area contributed by atoms with Crippen LogP contribution in [-0.4, -0.2) is 9.36 Å². The summed E-state index contributed by atoms with van der Waals surface area (Å²) in [5.41, 5.74) is 2.14. The van der Waals surface area contributed by atoms with Crippen LogP contribution in [0.1, 0.15) is 0 Å². The monoisotopic (exact) mass is 262 g/mol. The van der Waals surface area contributed by atoms with Crippen LogP contribution in [0.3, 0.4) is 0 Å². The lowest BCUT2D eigenvalue weighted by molar-refractivity contribution is 1.35. The Balaban J connectivity index is 2.10. The number of rotatable bonds is 1. The molecule has 2 aromatic carbocycles. The summed E-state index contributed by atoms with van der Waals surface area (Å²) in [5.74, 6) is 0. The summed E-state index contributed by atoms with van der Waals surface area (Å²) in [6, 6.07) is 16.6. The van der Waals surface area contributed by atoms with Crippen LogP contribution in [0.2, 0.25) is 0 Å². The van der Waals surface area contributed by atoms with Gasteiger partial charge in [0.25, 0.3) is 0 Å². The normalized spacial score (nSPS) is 11.2. The van der Waals surface area contributed by atoms with Gasteiger partial charge < -0.3 is 0 Å². The average molecular weight is 262 g/mol. The molecule has 0 unspecified atom stereocenters. The van der Waals surface area contributed by atoms with Crippen LogP contribution < -0.4 is 0 Å². The molecule has 0 N–H and O–H groups in total. The Morgan fingerprint density at radius 3 is 2.53 bits per heavy atom. The van der Waals surface area contributed by atoms with Crippen molar-refractivity contribution in [1.82, 2.24) is 9.36 Å². The smallest absolute Gasteiger partial charge is 0.0941 e. The highest BCUT2D eigenvalue weighted by Gasteiger charge is 2.11. The van der Waals surface area contributed by atoms with E-state index in [4.69, 9.17) is 0 Å². The summed E-state index contributed by atoms with van der Waals surface area (Å²) in [6.45, 7) is 0. The van der Waals surface area contributed by atoms with E-state index in [1.807, 2.05) is 24.5 Å². The lowest BCUT2D eigenvalue weighted by atomic mass is 10.0. The highest BCUT2D eigenvalue weighted by Crippen LogP contribution is 2.34. The minimum Gasteiger partial charge on any atom is -0.263 e. The molecule has 90 valence electrons. The lowest BCUT2D eigenvalue weighted by Gasteiger charge is -2.03. The summed E-state index contributed by atoms with van der Waals surface area (Å²) in [6.07, 6.45) is 3.80. The number of pyridine rings is 1. The number of benzene rings is 2. The van der Waals surface area contributed by atoms with E-state index in [-0.39, 0.29) is 0 Å². The first-order valence-corrected chi connectivity index (χ1v) is 6.88. The number of fused-ring (bicyclic) bond motifs is 2. The first-order chi connectivity index (χ1) is 9.43. The van der Waals surface area contributed by atoms with E-state index in [1.54, 1.807) is 0 Å². The maximum Gasteiger partial charge on any atom is 0.0941 e. The highest BCUT2D eigenvalue weighted by molar-refractivity contribution is 7.13. The van der Waals surface area contributed by atoms with Crippen LogP contribution in [0.25, 0.3) is 32.1 Å². The van der Waals surface area contributed by atoms with Crippen molar-refractivity contribution in [3.63, 3.8) is 0 Å². The first-order valence-electron chi connectivity index (χ1n) is 6.11. The summed E-state index contributed by atoms with van der Waals surface area (Å²) >= 11 is 1.54. The third kappa shape index (κ3) is 1.63. The predicted octanol–water partition coefficient (Wildman–Crippen LogP) is 4.51. The van der Waals surface area contributed by atoms with Crippen LogP contribution in [0.5, 0.6) is 0 Å². The van der Waals surface area contributed by atoms with Gasteiger partial charge in [0.05, 0.1) is 10.4 Å². The van der Waals surface area contributed by atoms with Gasteiger partial charge in [-0.25, -0.2) is 0 Å². The predicted molar refractivity (Wildman–Crippen MR) is 80.4 cm³/mol. The van der Waals surface area contributed by atoms with E-state index in [9.17, 15) is 0 Å². The molecule has 0 aliphatic carbocycles. The fourth-order valence-electron chi connectivity index (χ4n) is 2.39. The van der Waals surface area contributed by atoms with E-state index >= 15 is 0 Å². The lowest BCUT2D eigenvalue weighted by Crippen LogP contribution is -1.84. The zero-order valence-electron chi connectivity index (χ0n) is 10.1. The third-order valence-electron chi connectivity index (χ3n) is 3.30. The third-order valence-corrected chi connectivity index (χ3v) is 4.13. The molecule has 0 fully saturated rings. The van der Waals surface area contributed by atoms with Gasteiger partial charge in [-0.2, -0.15) is 4.37 Å². The van der Waals surface area contributed by atoms with E-state index in [0.717, 1.165) is 16.6 Å². The fourth-order valence-corrected chi connectivity index (χ4v) is 3.17. The van der Waals surface area contributed by atoms with Gasteiger partial charge in [0.1, 0.15) is 0 Å². The molecule has 4 rings (SSSR count). The topological polar surface area (TPSA) is 25.8 Å². The van der Waals surface area contributed by atoms with Gasteiger partial charge >= 0.3 is 0 Å². The highest BCUT2D eigenvalue weighted by atomic mass is 32.1. The van der Waals surface area contributed by atoms with Crippen LogP contribution in [0, 0.1) is 0 Å². The van der Waals surface area contributed by atoms with Crippen molar-refractivity contribution >= 4 is 32.4 Å². The maximum atomic E-state index is 4.62. The molecule has 0 bridgehead atoms. The molecule has 0 amide bonds. The minimum absolute atomic E-state index is 1.03. The number of hydrogen-bond donors (Lipinski definition) is 0. The Labute approximate surface area is 114 Å². The van der Waals surface area contributed by atoms with Crippen molar-refractivity contribution in [2.75, 3.05) is 0 Å². The largest absolute Gasteiger partial charge is 0.263 e. The molecule has 0 aliphatic rings. The Morgan fingerprint density at radius 2 is 1.58 bits per heavy atom. The van der Waals surface area contributed by atoms with Gasteiger partial charge in [-0.1, -0.05) is 42.5 Å². The van der Waals surface area contributed by atoms with Crippen molar-refractivity contribution in [3.05, 3.63) is 60.9 Å². The molecular weight excluding hydrogens is 252 g/mol. The van der Waals surface area contributed by atoms with E-state index in [2.05, 4.69) is 45.8 Å². The van der Waals surface area contributed by atoms with Gasteiger partial charge in [0, 0.05) is 28.7 Å². The van der Waals surface area contributed by atoms with E-state index < -0.39 is 0 Å². The number of aromatic nitrogens is 2. The van der Waals surface area contributed by atoms with Crippen molar-refractivity contribution in [2.45, 2.75) is 0 Å². The van der Waals surface area contributed by atoms with Gasteiger partial charge in [0.2, 0.25) is 0 Å². The maximum absolute atomic E-state index is 4.62. The van der Waals surface area contributed by atoms with Gasteiger partial charge in [0.15, 0.2) is 0 Å². The molecule has 3 heteroatoms. The Kier molecular flexibility index (Phi) is 2.32. The Morgan fingerprint density at radius 1 is 0.789 bits per heavy atom. The first kappa shape index (κ1) is 10.6. The molecular formula is C16H10N2S. The molecule has 2 nitrogen and oxygen atoms in total. The van der Waals surface area contributed by atoms with Crippen molar-refractivity contribution in [2.24, 2.45) is 0 Å². The van der Waals surface area contributed by atoms with Gasteiger partial charge in [-0.3, -0.25) is 4.98 Å². The summed E-state index contributed by atoms with van der Waals surface area (Å²) < 4.78 is 5.83. The summed E-state index contributed by atoms with van der Waals surface area (Å²) in [7, 11) is 0. The molecule has 0 saturated heterocycles. The SMILES string of the molecule is c1ccc2c(-c3nsc4ccccc34)cncc2c1. The Hall–Kier alpha value is -2.26. The molecule has 0 saturated carbocycles. The summed E-state index contributed by atoms with van der Waals surface area (Å²) in [5, 5.41) is 3.55.